The maximum Gasteiger partial charge on any atom is 0.422 e. The molecule has 0 aliphatic carbocycles. The molecule has 0 saturated carbocycles. The third-order valence-electron chi connectivity index (χ3n) is 2.25. The third-order valence-corrected chi connectivity index (χ3v) is 3.47. The molecule has 0 aliphatic heterocycles. The summed E-state index contributed by atoms with van der Waals surface area (Å²) in [6.07, 6.45) is -1.52. The van der Waals surface area contributed by atoms with Crippen LogP contribution in [0.1, 0.15) is 25.5 Å². The summed E-state index contributed by atoms with van der Waals surface area (Å²) in [4.78, 5) is 11.3. The van der Waals surface area contributed by atoms with Crippen molar-refractivity contribution in [3.8, 4) is 0 Å². The minimum absolute atomic E-state index is 0.0659. The largest absolute Gasteiger partial charge is 0.446 e. The molecule has 0 saturated heterocycles. The number of nitrogens with two attached hydrogens (primary N) is 1. The lowest BCUT2D eigenvalue weighted by Gasteiger charge is -2.18. The molecule has 1 unspecified atom stereocenters. The molecule has 1 rings (SSSR count). The van der Waals surface area contributed by atoms with Crippen LogP contribution in [0.2, 0.25) is 0 Å². The normalized spacial score (nSPS) is 12.7. The zero-order valence-electron chi connectivity index (χ0n) is 11.6. The van der Waals surface area contributed by atoms with Gasteiger partial charge in [-0.2, -0.15) is 13.1 Å². The number of amides is 1. The van der Waals surface area contributed by atoms with Crippen LogP contribution < -0.4 is 15.2 Å². The lowest BCUT2D eigenvalue weighted by Crippen LogP contribution is -2.45. The Kier molecular flexibility index (Phi) is 6.06. The molecule has 4 N–H and O–H groups in total. The van der Waals surface area contributed by atoms with Crippen LogP contribution in [0.15, 0.2) is 30.3 Å². The SMILES string of the molecule is CC(C)OC(=O)NS(=O)(=O)NC(C(N)=S)c1ccccc1. The second-order valence-electron chi connectivity index (χ2n) is 4.42. The van der Waals surface area contributed by atoms with Crippen LogP contribution in [0.25, 0.3) is 0 Å². The van der Waals surface area contributed by atoms with Gasteiger partial charge >= 0.3 is 16.3 Å². The first-order chi connectivity index (χ1) is 9.71. The van der Waals surface area contributed by atoms with Gasteiger partial charge in [0.1, 0.15) is 0 Å². The Balaban J connectivity index is 2.84. The molecule has 0 fully saturated rings. The Hall–Kier alpha value is -1.71. The van der Waals surface area contributed by atoms with Crippen molar-refractivity contribution in [1.82, 2.24) is 9.44 Å². The van der Waals surface area contributed by atoms with E-state index >= 15 is 0 Å². The summed E-state index contributed by atoms with van der Waals surface area (Å²) < 4.78 is 32.4. The van der Waals surface area contributed by atoms with E-state index in [9.17, 15) is 13.2 Å². The van der Waals surface area contributed by atoms with Gasteiger partial charge in [0.25, 0.3) is 0 Å². The van der Waals surface area contributed by atoms with Crippen molar-refractivity contribution in [3.05, 3.63) is 35.9 Å². The van der Waals surface area contributed by atoms with Gasteiger partial charge in [0.2, 0.25) is 0 Å². The predicted octanol–water partition coefficient (Wildman–Crippen LogP) is 0.983. The standard InChI is InChI=1S/C12H17N3O4S2/c1-8(2)19-12(16)15-21(17,18)14-10(11(13)20)9-6-4-3-5-7-9/h3-8,10,14H,1-2H3,(H2,13,20)(H,15,16). The van der Waals surface area contributed by atoms with Gasteiger partial charge in [-0.3, -0.25) is 0 Å². The number of thiocarbonyl (C=S) groups is 1. The second-order valence-corrected chi connectivity index (χ2v) is 6.34. The predicted molar refractivity (Wildman–Crippen MR) is 82.8 cm³/mol. The van der Waals surface area contributed by atoms with Crippen molar-refractivity contribution in [3.63, 3.8) is 0 Å². The highest BCUT2D eigenvalue weighted by Gasteiger charge is 2.24. The Labute approximate surface area is 129 Å². The highest BCUT2D eigenvalue weighted by molar-refractivity contribution is 7.88. The molecule has 1 amide bonds. The van der Waals surface area contributed by atoms with E-state index < -0.39 is 28.4 Å². The van der Waals surface area contributed by atoms with Crippen molar-refractivity contribution in [2.75, 3.05) is 0 Å². The molecule has 9 heteroatoms. The van der Waals surface area contributed by atoms with E-state index in [2.05, 4.69) is 4.72 Å². The van der Waals surface area contributed by atoms with Gasteiger partial charge in [-0.15, -0.1) is 0 Å². The minimum atomic E-state index is -4.16. The van der Waals surface area contributed by atoms with Crippen molar-refractivity contribution in [2.45, 2.75) is 26.0 Å². The minimum Gasteiger partial charge on any atom is -0.446 e. The molecule has 0 bridgehead atoms. The quantitative estimate of drug-likeness (QED) is 0.670. The van der Waals surface area contributed by atoms with Gasteiger partial charge in [0, 0.05) is 0 Å². The van der Waals surface area contributed by atoms with Crippen LogP contribution in [0, 0.1) is 0 Å². The molecule has 0 radical (unpaired) electrons. The smallest absolute Gasteiger partial charge is 0.422 e. The maximum atomic E-state index is 11.9. The number of benzene rings is 1. The fraction of sp³-hybridized carbons (Fsp3) is 0.333. The van der Waals surface area contributed by atoms with Crippen molar-refractivity contribution in [2.24, 2.45) is 5.73 Å². The Morgan fingerprint density at radius 3 is 2.33 bits per heavy atom. The molecule has 1 aromatic carbocycles. The molecular weight excluding hydrogens is 314 g/mol. The average Bonchev–Trinajstić information content (AvgIpc) is 2.35. The van der Waals surface area contributed by atoms with E-state index in [1.54, 1.807) is 48.9 Å². The Morgan fingerprint density at radius 1 is 1.29 bits per heavy atom. The van der Waals surface area contributed by atoms with Gasteiger partial charge in [-0.1, -0.05) is 42.5 Å². The van der Waals surface area contributed by atoms with E-state index in [1.165, 1.54) is 0 Å². The number of hydrogen-bond donors (Lipinski definition) is 3. The molecule has 1 atom stereocenters. The lowest BCUT2D eigenvalue weighted by atomic mass is 10.1. The summed E-state index contributed by atoms with van der Waals surface area (Å²) in [7, 11) is -4.16. The zero-order chi connectivity index (χ0) is 16.0. The van der Waals surface area contributed by atoms with E-state index in [4.69, 9.17) is 22.7 Å². The van der Waals surface area contributed by atoms with Crippen LogP contribution in [0.4, 0.5) is 4.79 Å². The first-order valence-corrected chi connectivity index (χ1v) is 7.95. The monoisotopic (exact) mass is 331 g/mol. The summed E-state index contributed by atoms with van der Waals surface area (Å²) in [5.41, 5.74) is 6.11. The summed E-state index contributed by atoms with van der Waals surface area (Å²) in [5, 5.41) is 0. The summed E-state index contributed by atoms with van der Waals surface area (Å²) in [6, 6.07) is 7.61. The van der Waals surface area contributed by atoms with Gasteiger partial charge in [-0.05, 0) is 19.4 Å². The first-order valence-electron chi connectivity index (χ1n) is 6.06. The molecule has 116 valence electrons. The topological polar surface area (TPSA) is 111 Å². The van der Waals surface area contributed by atoms with Crippen LogP contribution >= 0.6 is 12.2 Å². The summed E-state index contributed by atoms with van der Waals surface area (Å²) in [5.74, 6) is 0. The maximum absolute atomic E-state index is 11.9. The van der Waals surface area contributed by atoms with Crippen LogP contribution in [0.3, 0.4) is 0 Å². The average molecular weight is 331 g/mol. The van der Waals surface area contributed by atoms with Gasteiger partial charge in [0.05, 0.1) is 17.1 Å². The van der Waals surface area contributed by atoms with E-state index in [0.29, 0.717) is 5.56 Å². The number of nitrogens with one attached hydrogen (secondary N) is 2. The molecule has 21 heavy (non-hydrogen) atoms. The number of carbonyl (C=O) groups excluding carboxylic acids is 1. The molecule has 1 aromatic rings. The molecule has 0 heterocycles. The highest BCUT2D eigenvalue weighted by atomic mass is 32.2. The Bertz CT molecular complexity index is 602. The van der Waals surface area contributed by atoms with Crippen molar-refractivity contribution < 1.29 is 17.9 Å². The van der Waals surface area contributed by atoms with Crippen LogP contribution in [0.5, 0.6) is 0 Å². The first kappa shape index (κ1) is 17.3. The fourth-order valence-electron chi connectivity index (χ4n) is 1.47. The lowest BCUT2D eigenvalue weighted by molar-refractivity contribution is 0.121. The third kappa shape index (κ3) is 6.06. The van der Waals surface area contributed by atoms with Gasteiger partial charge < -0.3 is 10.5 Å². The zero-order valence-corrected chi connectivity index (χ0v) is 13.2. The van der Waals surface area contributed by atoms with E-state index in [1.807, 2.05) is 0 Å². The summed E-state index contributed by atoms with van der Waals surface area (Å²) >= 11 is 4.86. The molecule has 0 aromatic heterocycles. The Morgan fingerprint density at radius 2 is 1.86 bits per heavy atom. The number of carbonyl (C=O) groups is 1. The number of rotatable bonds is 6. The molecule has 7 nitrogen and oxygen atoms in total. The summed E-state index contributed by atoms with van der Waals surface area (Å²) in [6.45, 7) is 3.20. The molecule has 0 aliphatic rings. The fourth-order valence-corrected chi connectivity index (χ4v) is 2.64. The molecule has 0 spiro atoms. The van der Waals surface area contributed by atoms with Crippen LogP contribution in [-0.4, -0.2) is 25.6 Å². The second kappa shape index (κ2) is 7.34. The van der Waals surface area contributed by atoms with Gasteiger partial charge in [-0.25, -0.2) is 9.52 Å². The van der Waals surface area contributed by atoms with Crippen molar-refractivity contribution in [1.29, 1.82) is 0 Å². The van der Waals surface area contributed by atoms with Gasteiger partial charge in [0.15, 0.2) is 0 Å². The van der Waals surface area contributed by atoms with E-state index in [0.717, 1.165) is 0 Å². The number of hydrogen-bond acceptors (Lipinski definition) is 5. The molecular formula is C12H17N3O4S2. The van der Waals surface area contributed by atoms with E-state index in [-0.39, 0.29) is 4.99 Å². The van der Waals surface area contributed by atoms with Crippen LogP contribution in [-0.2, 0) is 14.9 Å². The van der Waals surface area contributed by atoms with Crippen molar-refractivity contribution >= 4 is 33.5 Å². The number of ether oxygens (including phenoxy) is 1. The highest BCUT2D eigenvalue weighted by Crippen LogP contribution is 2.13.